The van der Waals surface area contributed by atoms with Crippen molar-refractivity contribution in [3.8, 4) is 0 Å². The first-order valence-corrected chi connectivity index (χ1v) is 8.84. The molecule has 3 aromatic rings. The summed E-state index contributed by atoms with van der Waals surface area (Å²) in [4.78, 5) is 37.5. The minimum absolute atomic E-state index is 0.0285. The zero-order valence-electron chi connectivity index (χ0n) is 14.2. The Balaban J connectivity index is 2.00. The highest BCUT2D eigenvalue weighted by atomic mass is 32.1. The smallest absolute Gasteiger partial charge is 0.322 e. The van der Waals surface area contributed by atoms with Crippen molar-refractivity contribution < 1.29 is 9.18 Å². The Kier molecular flexibility index (Phi) is 4.99. The second-order valence-corrected chi connectivity index (χ2v) is 6.88. The van der Waals surface area contributed by atoms with Gasteiger partial charge in [-0.15, -0.1) is 0 Å². The number of para-hydroxylation sites is 1. The van der Waals surface area contributed by atoms with Gasteiger partial charge in [0.15, 0.2) is 5.52 Å². The summed E-state index contributed by atoms with van der Waals surface area (Å²) in [6.45, 7) is 3.64. The average molecular weight is 376 g/mol. The topological polar surface area (TPSA) is 86.0 Å². The van der Waals surface area contributed by atoms with Crippen LogP contribution in [-0.4, -0.2) is 19.4 Å². The van der Waals surface area contributed by atoms with Crippen molar-refractivity contribution in [3.63, 3.8) is 0 Å². The van der Waals surface area contributed by atoms with E-state index in [-0.39, 0.29) is 30.2 Å². The molecular weight excluding hydrogens is 359 g/mol. The first-order chi connectivity index (χ1) is 12.4. The molecule has 0 aliphatic carbocycles. The Morgan fingerprint density at radius 2 is 2.00 bits per heavy atom. The lowest BCUT2D eigenvalue weighted by molar-refractivity contribution is -0.116. The summed E-state index contributed by atoms with van der Waals surface area (Å²) in [5.74, 6) is -1.07. The normalized spacial score (nSPS) is 11.2. The average Bonchev–Trinajstić information content (AvgIpc) is 3.07. The van der Waals surface area contributed by atoms with E-state index in [1.54, 1.807) is 11.4 Å². The molecule has 0 aliphatic heterocycles. The van der Waals surface area contributed by atoms with Gasteiger partial charge in [-0.3, -0.25) is 18.7 Å². The van der Waals surface area contributed by atoms with E-state index in [2.05, 4.69) is 9.69 Å². The van der Waals surface area contributed by atoms with E-state index in [0.29, 0.717) is 5.52 Å². The molecule has 0 fully saturated rings. The number of amides is 1. The van der Waals surface area contributed by atoms with Crippen molar-refractivity contribution in [1.29, 1.82) is 0 Å². The molecule has 1 amide bonds. The van der Waals surface area contributed by atoms with Crippen LogP contribution in [0.5, 0.6) is 0 Å². The SMILES string of the molecule is CC(C)Cn1c(=O)c2nscc2n(CC(=O)Nc2ccccc2F)c1=O. The number of hydrogen-bond donors (Lipinski definition) is 1. The molecule has 0 saturated heterocycles. The minimum Gasteiger partial charge on any atom is -0.322 e. The van der Waals surface area contributed by atoms with Crippen molar-refractivity contribution in [2.75, 3.05) is 5.32 Å². The monoisotopic (exact) mass is 376 g/mol. The van der Waals surface area contributed by atoms with Crippen LogP contribution in [0.4, 0.5) is 10.1 Å². The Bertz CT molecular complexity index is 1080. The van der Waals surface area contributed by atoms with Gasteiger partial charge >= 0.3 is 5.69 Å². The molecule has 9 heteroatoms. The number of rotatable bonds is 5. The zero-order valence-corrected chi connectivity index (χ0v) is 15.0. The van der Waals surface area contributed by atoms with Crippen molar-refractivity contribution in [2.24, 2.45) is 5.92 Å². The molecule has 1 aromatic carbocycles. The lowest BCUT2D eigenvalue weighted by Gasteiger charge is -2.13. The summed E-state index contributed by atoms with van der Waals surface area (Å²) in [5, 5.41) is 3.99. The van der Waals surface area contributed by atoms with Crippen LogP contribution >= 0.6 is 11.5 Å². The molecular formula is C17H17FN4O3S. The molecule has 0 bridgehead atoms. The fourth-order valence-electron chi connectivity index (χ4n) is 2.61. The second-order valence-electron chi connectivity index (χ2n) is 6.25. The van der Waals surface area contributed by atoms with Gasteiger partial charge in [0, 0.05) is 11.9 Å². The lowest BCUT2D eigenvalue weighted by atomic mass is 10.2. The Labute approximate surface area is 151 Å². The van der Waals surface area contributed by atoms with E-state index in [1.807, 2.05) is 13.8 Å². The van der Waals surface area contributed by atoms with Crippen LogP contribution in [0.2, 0.25) is 0 Å². The third-order valence-electron chi connectivity index (χ3n) is 3.75. The van der Waals surface area contributed by atoms with E-state index in [9.17, 15) is 18.8 Å². The van der Waals surface area contributed by atoms with Gasteiger partial charge in [0.05, 0.1) is 11.2 Å². The standard InChI is InChI=1S/C17H17FN4O3S/c1-10(2)7-22-16(24)15-13(9-26-20-15)21(17(22)25)8-14(23)19-12-6-4-3-5-11(12)18/h3-6,9-10H,7-8H2,1-2H3,(H,19,23). The molecule has 0 aliphatic rings. The maximum absolute atomic E-state index is 13.7. The number of carbonyl (C=O) groups is 1. The van der Waals surface area contributed by atoms with Crippen molar-refractivity contribution >= 4 is 34.2 Å². The van der Waals surface area contributed by atoms with E-state index in [4.69, 9.17) is 0 Å². The molecule has 0 saturated carbocycles. The third-order valence-corrected chi connectivity index (χ3v) is 4.37. The molecule has 1 N–H and O–H groups in total. The van der Waals surface area contributed by atoms with Crippen molar-refractivity contribution in [2.45, 2.75) is 26.9 Å². The highest BCUT2D eigenvalue weighted by Gasteiger charge is 2.18. The van der Waals surface area contributed by atoms with Crippen LogP contribution in [0.3, 0.4) is 0 Å². The fraction of sp³-hybridized carbons (Fsp3) is 0.294. The zero-order chi connectivity index (χ0) is 18.8. The molecule has 3 rings (SSSR count). The summed E-state index contributed by atoms with van der Waals surface area (Å²) in [7, 11) is 0. The predicted molar refractivity (Wildman–Crippen MR) is 98.0 cm³/mol. The van der Waals surface area contributed by atoms with Gasteiger partial charge in [-0.1, -0.05) is 26.0 Å². The summed E-state index contributed by atoms with van der Waals surface area (Å²) >= 11 is 1.04. The molecule has 26 heavy (non-hydrogen) atoms. The van der Waals surface area contributed by atoms with Gasteiger partial charge in [0.25, 0.3) is 5.56 Å². The van der Waals surface area contributed by atoms with Gasteiger partial charge in [0.2, 0.25) is 5.91 Å². The van der Waals surface area contributed by atoms with Crippen LogP contribution < -0.4 is 16.6 Å². The highest BCUT2D eigenvalue weighted by molar-refractivity contribution is 7.04. The number of carbonyl (C=O) groups excluding carboxylic acids is 1. The van der Waals surface area contributed by atoms with Gasteiger partial charge < -0.3 is 5.32 Å². The van der Waals surface area contributed by atoms with Crippen LogP contribution in [0.25, 0.3) is 11.0 Å². The maximum atomic E-state index is 13.7. The van der Waals surface area contributed by atoms with Crippen molar-refractivity contribution in [1.82, 2.24) is 13.5 Å². The molecule has 136 valence electrons. The lowest BCUT2D eigenvalue weighted by Crippen LogP contribution is -2.42. The number of aromatic nitrogens is 3. The number of anilines is 1. The van der Waals surface area contributed by atoms with Crippen LogP contribution in [0.1, 0.15) is 13.8 Å². The molecule has 2 heterocycles. The predicted octanol–water partition coefficient (Wildman–Crippen LogP) is 2.05. The van der Waals surface area contributed by atoms with E-state index >= 15 is 0 Å². The fourth-order valence-corrected chi connectivity index (χ4v) is 3.28. The highest BCUT2D eigenvalue weighted by Crippen LogP contribution is 2.13. The van der Waals surface area contributed by atoms with Gasteiger partial charge in [0.1, 0.15) is 12.4 Å². The van der Waals surface area contributed by atoms with Crippen LogP contribution in [0.15, 0.2) is 39.2 Å². The Morgan fingerprint density at radius 3 is 2.69 bits per heavy atom. The first kappa shape index (κ1) is 18.0. The molecule has 7 nitrogen and oxygen atoms in total. The van der Waals surface area contributed by atoms with Gasteiger partial charge in [-0.2, -0.15) is 4.37 Å². The summed E-state index contributed by atoms with van der Waals surface area (Å²) in [6, 6.07) is 5.76. The molecule has 0 unspecified atom stereocenters. The first-order valence-electron chi connectivity index (χ1n) is 8.00. The number of hydrogen-bond acceptors (Lipinski definition) is 5. The van der Waals surface area contributed by atoms with Crippen LogP contribution in [-0.2, 0) is 17.9 Å². The maximum Gasteiger partial charge on any atom is 0.332 e. The number of nitrogens with one attached hydrogen (secondary N) is 1. The van der Waals surface area contributed by atoms with Crippen LogP contribution in [0, 0.1) is 11.7 Å². The van der Waals surface area contributed by atoms with E-state index in [0.717, 1.165) is 16.1 Å². The van der Waals surface area contributed by atoms with Crippen molar-refractivity contribution in [3.05, 3.63) is 56.3 Å². The quantitative estimate of drug-likeness (QED) is 0.738. The Hall–Kier alpha value is -2.81. The number of halogens is 1. The number of benzene rings is 1. The second kappa shape index (κ2) is 7.20. The Morgan fingerprint density at radius 1 is 1.27 bits per heavy atom. The molecule has 0 spiro atoms. The summed E-state index contributed by atoms with van der Waals surface area (Å²) in [6.07, 6.45) is 0. The summed E-state index contributed by atoms with van der Waals surface area (Å²) in [5.41, 5.74) is -0.575. The molecule has 2 aromatic heterocycles. The van der Waals surface area contributed by atoms with E-state index < -0.39 is 23.0 Å². The number of nitrogens with zero attached hydrogens (tertiary/aromatic N) is 3. The molecule has 0 atom stereocenters. The molecule has 0 radical (unpaired) electrons. The van der Waals surface area contributed by atoms with Gasteiger partial charge in [-0.25, -0.2) is 9.18 Å². The minimum atomic E-state index is -0.583. The third kappa shape index (κ3) is 3.43. The van der Waals surface area contributed by atoms with E-state index in [1.165, 1.54) is 22.8 Å². The largest absolute Gasteiger partial charge is 0.332 e. The summed E-state index contributed by atoms with van der Waals surface area (Å²) < 4.78 is 20.0. The van der Waals surface area contributed by atoms with Gasteiger partial charge in [-0.05, 0) is 29.6 Å². The number of fused-ring (bicyclic) bond motifs is 1.